The van der Waals surface area contributed by atoms with Crippen LogP contribution in [0.15, 0.2) is 48.5 Å². The van der Waals surface area contributed by atoms with Gasteiger partial charge in [0.2, 0.25) is 0 Å². The number of ether oxygens (including phenoxy) is 1. The van der Waals surface area contributed by atoms with Crippen molar-refractivity contribution in [1.82, 2.24) is 4.90 Å². The van der Waals surface area contributed by atoms with Gasteiger partial charge in [-0.05, 0) is 91.5 Å². The van der Waals surface area contributed by atoms with Crippen molar-refractivity contribution < 1.29 is 14.2 Å². The molecule has 1 saturated heterocycles. The fraction of sp³-hybridized carbons (Fsp3) is 0.586. The largest absolute Gasteiger partial charge is 0.491 e. The minimum Gasteiger partial charge on any atom is -0.491 e. The van der Waals surface area contributed by atoms with Gasteiger partial charge >= 0.3 is 0 Å². The summed E-state index contributed by atoms with van der Waals surface area (Å²) in [6.45, 7) is 4.03. The van der Waals surface area contributed by atoms with Crippen LogP contribution in [0, 0.1) is 23.6 Å². The van der Waals surface area contributed by atoms with E-state index in [-0.39, 0.29) is 5.82 Å². The fourth-order valence-electron chi connectivity index (χ4n) is 7.79. The van der Waals surface area contributed by atoms with Gasteiger partial charge in [0.05, 0.1) is 5.69 Å². The molecule has 2 aromatic carbocycles. The number of β-amino-alcohol motifs (C(OH)–C–C–N with tert-alkyl or cyclic N) is 1. The lowest BCUT2D eigenvalue weighted by atomic mass is 9.48. The van der Waals surface area contributed by atoms with E-state index in [2.05, 4.69) is 34.1 Å². The Morgan fingerprint density at radius 3 is 2.12 bits per heavy atom. The van der Waals surface area contributed by atoms with Crippen molar-refractivity contribution in [1.29, 1.82) is 0 Å². The Morgan fingerprint density at radius 2 is 1.50 bits per heavy atom. The van der Waals surface area contributed by atoms with Crippen molar-refractivity contribution in [3.05, 3.63) is 59.9 Å². The molecule has 5 heteroatoms. The molecule has 182 valence electrons. The van der Waals surface area contributed by atoms with Crippen LogP contribution in [0.4, 0.5) is 10.1 Å². The van der Waals surface area contributed by atoms with E-state index >= 15 is 0 Å². The number of rotatable bonds is 7. The van der Waals surface area contributed by atoms with Gasteiger partial charge < -0.3 is 14.7 Å². The molecule has 1 heterocycles. The summed E-state index contributed by atoms with van der Waals surface area (Å²) in [5.74, 6) is 3.53. The van der Waals surface area contributed by atoms with Crippen molar-refractivity contribution in [3.8, 4) is 5.75 Å². The predicted octanol–water partition coefficient (Wildman–Crippen LogP) is 4.86. The Balaban J connectivity index is 0.980. The van der Waals surface area contributed by atoms with Crippen molar-refractivity contribution in [2.24, 2.45) is 17.8 Å². The fourth-order valence-corrected chi connectivity index (χ4v) is 7.79. The van der Waals surface area contributed by atoms with Crippen LogP contribution in [-0.2, 0) is 5.41 Å². The van der Waals surface area contributed by atoms with E-state index in [0.717, 1.165) is 49.7 Å². The van der Waals surface area contributed by atoms with Crippen LogP contribution >= 0.6 is 0 Å². The van der Waals surface area contributed by atoms with E-state index in [9.17, 15) is 9.50 Å². The molecule has 0 spiro atoms. The third-order valence-electron chi connectivity index (χ3n) is 8.98. The zero-order valence-electron chi connectivity index (χ0n) is 20.0. The Hall–Kier alpha value is -2.11. The summed E-state index contributed by atoms with van der Waals surface area (Å²) in [7, 11) is 0. The highest BCUT2D eigenvalue weighted by Gasteiger charge is 2.51. The van der Waals surface area contributed by atoms with Gasteiger partial charge in [0, 0.05) is 32.7 Å². The quantitative estimate of drug-likeness (QED) is 0.635. The highest BCUT2D eigenvalue weighted by atomic mass is 19.1. The molecule has 0 aromatic heterocycles. The number of hydrogen-bond acceptors (Lipinski definition) is 4. The molecule has 7 rings (SSSR count). The van der Waals surface area contributed by atoms with E-state index in [1.807, 2.05) is 12.1 Å². The smallest absolute Gasteiger partial charge is 0.146 e. The van der Waals surface area contributed by atoms with Crippen LogP contribution < -0.4 is 9.64 Å². The second kappa shape index (κ2) is 9.16. The monoisotopic (exact) mass is 464 g/mol. The molecule has 1 aliphatic heterocycles. The number of halogens is 1. The predicted molar refractivity (Wildman–Crippen MR) is 133 cm³/mol. The average Bonchev–Trinajstić information content (AvgIpc) is 2.83. The van der Waals surface area contributed by atoms with E-state index in [1.165, 1.54) is 50.2 Å². The van der Waals surface area contributed by atoms with Crippen LogP contribution in [-0.4, -0.2) is 55.4 Å². The van der Waals surface area contributed by atoms with Gasteiger partial charge in [0.1, 0.15) is 24.3 Å². The van der Waals surface area contributed by atoms with Crippen molar-refractivity contribution in [3.63, 3.8) is 0 Å². The first-order chi connectivity index (χ1) is 16.6. The van der Waals surface area contributed by atoms with E-state index in [4.69, 9.17) is 4.74 Å². The van der Waals surface area contributed by atoms with Gasteiger partial charge in [0.25, 0.3) is 0 Å². The molecule has 1 N–H and O–H groups in total. The van der Waals surface area contributed by atoms with E-state index < -0.39 is 6.10 Å². The van der Waals surface area contributed by atoms with Crippen molar-refractivity contribution in [2.75, 3.05) is 44.2 Å². The van der Waals surface area contributed by atoms with E-state index in [1.54, 1.807) is 6.07 Å². The van der Waals surface area contributed by atoms with E-state index in [0.29, 0.717) is 24.3 Å². The molecule has 0 radical (unpaired) electrons. The zero-order valence-corrected chi connectivity index (χ0v) is 20.0. The summed E-state index contributed by atoms with van der Waals surface area (Å²) < 4.78 is 20.0. The molecule has 1 atom stereocenters. The SMILES string of the molecule is O[C@@H](COc1ccc(C23CC4CC(CC(C4)C2)C3)cc1)CN1CCN(c2ccccc2F)CC1. The standard InChI is InChI=1S/C29H37FN2O2/c30-27-3-1-2-4-28(27)32-11-9-31(10-12-32)19-25(33)20-34-26-7-5-24(6-8-26)29-16-21-13-22(17-29)15-23(14-21)18-29/h1-8,21-23,25,33H,9-20H2/t21?,22?,23?,25-,29?/m1/s1. The number of aliphatic hydroxyl groups is 1. The summed E-state index contributed by atoms with van der Waals surface area (Å²) in [5, 5.41) is 10.6. The van der Waals surface area contributed by atoms with Gasteiger partial charge in [-0.15, -0.1) is 0 Å². The van der Waals surface area contributed by atoms with Crippen LogP contribution in [0.25, 0.3) is 0 Å². The summed E-state index contributed by atoms with van der Waals surface area (Å²) in [4.78, 5) is 4.32. The number of aliphatic hydroxyl groups excluding tert-OH is 1. The number of benzene rings is 2. The summed E-state index contributed by atoms with van der Waals surface area (Å²) in [6.07, 6.45) is 8.00. The lowest BCUT2D eigenvalue weighted by Crippen LogP contribution is -2.49. The normalized spacial score (nSPS) is 31.6. The van der Waals surface area contributed by atoms with Crippen LogP contribution in [0.1, 0.15) is 44.1 Å². The first kappa shape index (κ1) is 22.4. The van der Waals surface area contributed by atoms with Gasteiger partial charge in [-0.25, -0.2) is 4.39 Å². The van der Waals surface area contributed by atoms with Crippen molar-refractivity contribution in [2.45, 2.75) is 50.0 Å². The Labute approximate surface area is 202 Å². The zero-order chi connectivity index (χ0) is 23.1. The first-order valence-electron chi connectivity index (χ1n) is 13.2. The Morgan fingerprint density at radius 1 is 0.882 bits per heavy atom. The molecule has 5 aliphatic rings. The summed E-state index contributed by atoms with van der Waals surface area (Å²) >= 11 is 0. The molecule has 34 heavy (non-hydrogen) atoms. The third kappa shape index (κ3) is 4.45. The highest BCUT2D eigenvalue weighted by molar-refractivity contribution is 5.48. The number of para-hydroxylation sites is 1. The lowest BCUT2D eigenvalue weighted by Gasteiger charge is -2.57. The number of hydrogen-bond donors (Lipinski definition) is 1. The second-order valence-corrected chi connectivity index (χ2v) is 11.4. The maximum Gasteiger partial charge on any atom is 0.146 e. The summed E-state index contributed by atoms with van der Waals surface area (Å²) in [5.41, 5.74) is 2.59. The minimum absolute atomic E-state index is 0.168. The molecule has 2 aromatic rings. The molecule has 4 bridgehead atoms. The molecule has 5 fully saturated rings. The average molecular weight is 465 g/mol. The maximum absolute atomic E-state index is 14.0. The van der Waals surface area contributed by atoms with Crippen molar-refractivity contribution >= 4 is 5.69 Å². The van der Waals surface area contributed by atoms with Gasteiger partial charge in [-0.1, -0.05) is 24.3 Å². The molecular formula is C29H37FN2O2. The van der Waals surface area contributed by atoms with Crippen LogP contribution in [0.5, 0.6) is 5.75 Å². The summed E-state index contributed by atoms with van der Waals surface area (Å²) in [6, 6.07) is 15.7. The molecule has 4 nitrogen and oxygen atoms in total. The number of nitrogens with zero attached hydrogens (tertiary/aromatic N) is 2. The number of anilines is 1. The Kier molecular flexibility index (Phi) is 6.02. The minimum atomic E-state index is -0.539. The van der Waals surface area contributed by atoms with Crippen LogP contribution in [0.2, 0.25) is 0 Å². The molecule has 0 amide bonds. The molecular weight excluding hydrogens is 427 g/mol. The lowest BCUT2D eigenvalue weighted by molar-refractivity contribution is -0.00522. The van der Waals surface area contributed by atoms with Gasteiger partial charge in [-0.2, -0.15) is 0 Å². The van der Waals surface area contributed by atoms with Gasteiger partial charge in [-0.3, -0.25) is 4.90 Å². The first-order valence-corrected chi connectivity index (χ1v) is 13.2. The number of piperazine rings is 1. The highest BCUT2D eigenvalue weighted by Crippen LogP contribution is 2.60. The Bertz CT molecular complexity index is 951. The topological polar surface area (TPSA) is 35.9 Å². The van der Waals surface area contributed by atoms with Crippen LogP contribution in [0.3, 0.4) is 0 Å². The van der Waals surface area contributed by atoms with Gasteiger partial charge in [0.15, 0.2) is 0 Å². The molecule has 4 saturated carbocycles. The maximum atomic E-state index is 14.0. The molecule has 4 aliphatic carbocycles. The molecule has 0 unspecified atom stereocenters. The third-order valence-corrected chi connectivity index (χ3v) is 8.98. The second-order valence-electron chi connectivity index (χ2n) is 11.4.